The molecule has 1 aromatic heterocycles. The van der Waals surface area contributed by atoms with E-state index >= 15 is 0 Å². The van der Waals surface area contributed by atoms with Gasteiger partial charge in [-0.25, -0.2) is 0 Å². The summed E-state index contributed by atoms with van der Waals surface area (Å²) in [5, 5.41) is 6.34. The summed E-state index contributed by atoms with van der Waals surface area (Å²) in [6, 6.07) is 3.22. The lowest BCUT2D eigenvalue weighted by molar-refractivity contribution is 0.102. The minimum atomic E-state index is -0.439. The van der Waals surface area contributed by atoms with Crippen molar-refractivity contribution in [1.82, 2.24) is 5.16 Å². The van der Waals surface area contributed by atoms with Gasteiger partial charge >= 0.3 is 0 Å². The van der Waals surface area contributed by atoms with Gasteiger partial charge in [0.05, 0.1) is 27.0 Å². The monoisotopic (exact) mass is 307 g/mol. The number of rotatable bonds is 5. The van der Waals surface area contributed by atoms with Crippen LogP contribution in [0.5, 0.6) is 17.2 Å². The zero-order chi connectivity index (χ0) is 16.3. The summed E-state index contributed by atoms with van der Waals surface area (Å²) < 4.78 is 20.5. The van der Waals surface area contributed by atoms with Crippen molar-refractivity contribution in [3.05, 3.63) is 23.4 Å². The molecule has 1 aromatic carbocycles. The first-order valence-electron chi connectivity index (χ1n) is 6.34. The number of nitrogens with zero attached hydrogens (tertiary/aromatic N) is 1. The number of nitrogens with one attached hydrogen (secondary N) is 1. The Morgan fingerprint density at radius 2 is 1.77 bits per heavy atom. The molecule has 1 amide bonds. The lowest BCUT2D eigenvalue weighted by Crippen LogP contribution is -2.14. The molecule has 0 aliphatic heterocycles. The summed E-state index contributed by atoms with van der Waals surface area (Å²) in [6.07, 6.45) is 0. The van der Waals surface area contributed by atoms with Crippen LogP contribution in [0.2, 0.25) is 0 Å². The van der Waals surface area contributed by atoms with Crippen LogP contribution in [0.15, 0.2) is 16.7 Å². The average Bonchev–Trinajstić information content (AvgIpc) is 2.85. The second-order valence-electron chi connectivity index (χ2n) is 4.38. The van der Waals surface area contributed by atoms with Crippen LogP contribution in [0, 0.1) is 6.92 Å². The highest BCUT2D eigenvalue weighted by atomic mass is 16.5. The highest BCUT2D eigenvalue weighted by Crippen LogP contribution is 2.40. The molecule has 22 heavy (non-hydrogen) atoms. The van der Waals surface area contributed by atoms with Gasteiger partial charge in [-0.2, -0.15) is 0 Å². The molecule has 0 saturated heterocycles. The molecule has 0 atom stereocenters. The normalized spacial score (nSPS) is 10.2. The van der Waals surface area contributed by atoms with E-state index in [1.807, 2.05) is 0 Å². The summed E-state index contributed by atoms with van der Waals surface area (Å²) in [7, 11) is 4.48. The van der Waals surface area contributed by atoms with Gasteiger partial charge in [-0.3, -0.25) is 4.79 Å². The highest BCUT2D eigenvalue weighted by molar-refractivity contribution is 6.08. The smallest absolute Gasteiger partial charge is 0.263 e. The number of anilines is 2. The van der Waals surface area contributed by atoms with E-state index in [0.717, 1.165) is 0 Å². The largest absolute Gasteiger partial charge is 0.493 e. The predicted molar refractivity (Wildman–Crippen MR) is 79.7 cm³/mol. The number of aromatic nitrogens is 1. The minimum Gasteiger partial charge on any atom is -0.493 e. The van der Waals surface area contributed by atoms with E-state index in [1.54, 1.807) is 19.1 Å². The van der Waals surface area contributed by atoms with Crippen molar-refractivity contribution in [2.45, 2.75) is 6.92 Å². The molecular weight excluding hydrogens is 290 g/mol. The summed E-state index contributed by atoms with van der Waals surface area (Å²) in [6.45, 7) is 1.63. The average molecular weight is 307 g/mol. The van der Waals surface area contributed by atoms with Crippen molar-refractivity contribution in [2.75, 3.05) is 32.4 Å². The van der Waals surface area contributed by atoms with E-state index in [2.05, 4.69) is 10.5 Å². The molecule has 0 aliphatic carbocycles. The number of carbonyl (C=O) groups excluding carboxylic acids is 1. The molecule has 0 saturated carbocycles. The fourth-order valence-electron chi connectivity index (χ4n) is 2.01. The molecule has 1 heterocycles. The van der Waals surface area contributed by atoms with Crippen molar-refractivity contribution >= 4 is 17.5 Å². The SMILES string of the molecule is COc1cc(NC(=O)c2c(C)noc2N)cc(OC)c1OC. The number of hydrogen-bond donors (Lipinski definition) is 2. The number of benzene rings is 1. The Labute approximate surface area is 127 Å². The van der Waals surface area contributed by atoms with Gasteiger partial charge in [-0.05, 0) is 6.92 Å². The van der Waals surface area contributed by atoms with Gasteiger partial charge in [0.25, 0.3) is 5.91 Å². The molecule has 0 unspecified atom stereocenters. The van der Waals surface area contributed by atoms with E-state index in [0.29, 0.717) is 28.6 Å². The highest BCUT2D eigenvalue weighted by Gasteiger charge is 2.20. The maximum Gasteiger partial charge on any atom is 0.263 e. The second kappa shape index (κ2) is 6.25. The van der Waals surface area contributed by atoms with Crippen LogP contribution < -0.4 is 25.3 Å². The van der Waals surface area contributed by atoms with Gasteiger partial charge in [-0.1, -0.05) is 5.16 Å². The summed E-state index contributed by atoms with van der Waals surface area (Å²) >= 11 is 0. The van der Waals surface area contributed by atoms with Crippen molar-refractivity contribution in [2.24, 2.45) is 0 Å². The van der Waals surface area contributed by atoms with Gasteiger partial charge in [0, 0.05) is 17.8 Å². The van der Waals surface area contributed by atoms with Crippen molar-refractivity contribution in [3.8, 4) is 17.2 Å². The number of methoxy groups -OCH3 is 3. The molecular formula is C14H17N3O5. The van der Waals surface area contributed by atoms with E-state index in [-0.39, 0.29) is 11.4 Å². The minimum absolute atomic E-state index is 0.0394. The second-order valence-corrected chi connectivity index (χ2v) is 4.38. The Morgan fingerprint density at radius 3 is 2.18 bits per heavy atom. The van der Waals surface area contributed by atoms with E-state index in [9.17, 15) is 4.79 Å². The summed E-state index contributed by atoms with van der Waals surface area (Å²) in [5.74, 6) is 0.802. The maximum atomic E-state index is 12.3. The fraction of sp³-hybridized carbons (Fsp3) is 0.286. The van der Waals surface area contributed by atoms with E-state index in [4.69, 9.17) is 24.5 Å². The molecule has 0 radical (unpaired) electrons. The maximum absolute atomic E-state index is 12.3. The van der Waals surface area contributed by atoms with Gasteiger partial charge < -0.3 is 29.8 Å². The Bertz CT molecular complexity index is 651. The van der Waals surface area contributed by atoms with E-state index < -0.39 is 5.91 Å². The standard InChI is InChI=1S/C14H17N3O5/c1-7-11(13(15)22-17-7)14(18)16-8-5-9(19-2)12(21-4)10(6-8)20-3/h5-6H,15H2,1-4H3,(H,16,18). The van der Waals surface area contributed by atoms with Gasteiger partial charge in [0.15, 0.2) is 11.5 Å². The Kier molecular flexibility index (Phi) is 4.40. The first-order valence-corrected chi connectivity index (χ1v) is 6.34. The molecule has 118 valence electrons. The van der Waals surface area contributed by atoms with Crippen LogP contribution in [0.4, 0.5) is 11.6 Å². The molecule has 0 fully saturated rings. The molecule has 8 heteroatoms. The molecule has 8 nitrogen and oxygen atoms in total. The van der Waals surface area contributed by atoms with E-state index in [1.165, 1.54) is 21.3 Å². The zero-order valence-electron chi connectivity index (χ0n) is 12.7. The van der Waals surface area contributed by atoms with Gasteiger partial charge in [-0.15, -0.1) is 0 Å². The van der Waals surface area contributed by atoms with Crippen LogP contribution in [-0.2, 0) is 0 Å². The number of carbonyl (C=O) groups is 1. The number of nitrogen functional groups attached to an aromatic ring is 1. The van der Waals surface area contributed by atoms with Crippen molar-refractivity contribution in [1.29, 1.82) is 0 Å². The Morgan fingerprint density at radius 1 is 1.18 bits per heavy atom. The summed E-state index contributed by atoms with van der Waals surface area (Å²) in [5.41, 5.74) is 6.65. The van der Waals surface area contributed by atoms with Gasteiger partial charge in [0.1, 0.15) is 5.56 Å². The Balaban J connectivity index is 2.36. The lowest BCUT2D eigenvalue weighted by atomic mass is 10.2. The van der Waals surface area contributed by atoms with Crippen LogP contribution in [-0.4, -0.2) is 32.4 Å². The molecule has 0 spiro atoms. The number of nitrogens with two attached hydrogens (primary N) is 1. The third kappa shape index (κ3) is 2.76. The molecule has 0 bridgehead atoms. The van der Waals surface area contributed by atoms with Crippen LogP contribution in [0.1, 0.15) is 16.1 Å². The summed E-state index contributed by atoms with van der Waals surface area (Å²) in [4.78, 5) is 12.3. The lowest BCUT2D eigenvalue weighted by Gasteiger charge is -2.14. The third-order valence-electron chi connectivity index (χ3n) is 3.04. The first kappa shape index (κ1) is 15.5. The number of hydrogen-bond acceptors (Lipinski definition) is 7. The molecule has 2 rings (SSSR count). The molecule has 3 N–H and O–H groups in total. The number of aryl methyl sites for hydroxylation is 1. The van der Waals surface area contributed by atoms with Gasteiger partial charge in [0.2, 0.25) is 11.6 Å². The third-order valence-corrected chi connectivity index (χ3v) is 3.04. The Hall–Kier alpha value is -2.90. The fourth-order valence-corrected chi connectivity index (χ4v) is 2.01. The van der Waals surface area contributed by atoms with Crippen molar-refractivity contribution in [3.63, 3.8) is 0 Å². The van der Waals surface area contributed by atoms with Crippen LogP contribution >= 0.6 is 0 Å². The quantitative estimate of drug-likeness (QED) is 0.867. The predicted octanol–water partition coefficient (Wildman–Crippen LogP) is 1.84. The first-order chi connectivity index (χ1) is 10.5. The molecule has 0 aliphatic rings. The zero-order valence-corrected chi connectivity index (χ0v) is 12.7. The van der Waals surface area contributed by atoms with Crippen LogP contribution in [0.3, 0.4) is 0 Å². The van der Waals surface area contributed by atoms with Crippen molar-refractivity contribution < 1.29 is 23.5 Å². The number of amides is 1. The molecule has 2 aromatic rings. The van der Waals surface area contributed by atoms with Crippen LogP contribution in [0.25, 0.3) is 0 Å². The number of ether oxygens (including phenoxy) is 3. The topological polar surface area (TPSA) is 109 Å².